The summed E-state index contributed by atoms with van der Waals surface area (Å²) in [6, 6.07) is 8.94. The lowest BCUT2D eigenvalue weighted by atomic mass is 9.87. The maximum Gasteiger partial charge on any atom is 0.224 e. The van der Waals surface area contributed by atoms with E-state index in [1.54, 1.807) is 24.4 Å². The molecular weight excluding hydrogens is 398 g/mol. The van der Waals surface area contributed by atoms with E-state index < -0.39 is 36.8 Å². The first-order valence-electron chi connectivity index (χ1n) is 9.47. The summed E-state index contributed by atoms with van der Waals surface area (Å²) in [5.41, 5.74) is 3.12. The summed E-state index contributed by atoms with van der Waals surface area (Å²) < 4.78 is 11.2. The molecule has 4 N–H and O–H groups in total. The second-order valence-corrected chi connectivity index (χ2v) is 7.54. The lowest BCUT2D eigenvalue weighted by molar-refractivity contribution is -0.366. The molecule has 29 heavy (non-hydrogen) atoms. The SMILES string of the molecule is CCc1ccc(Cc2cc(C3(OC)O[C@H](CO)[C@@H](O)[C@H](O)[C@H]3O)ccc2Cl)cn1. The molecule has 7 nitrogen and oxygen atoms in total. The van der Waals surface area contributed by atoms with Crippen molar-refractivity contribution in [2.24, 2.45) is 0 Å². The Bertz CT molecular complexity index is 830. The van der Waals surface area contributed by atoms with Crippen molar-refractivity contribution >= 4 is 11.6 Å². The predicted octanol–water partition coefficient (Wildman–Crippen LogP) is 1.16. The smallest absolute Gasteiger partial charge is 0.224 e. The van der Waals surface area contributed by atoms with Gasteiger partial charge < -0.3 is 29.9 Å². The van der Waals surface area contributed by atoms with Crippen molar-refractivity contribution in [2.75, 3.05) is 13.7 Å². The fourth-order valence-electron chi connectivity index (χ4n) is 3.58. The number of nitrogens with zero attached hydrogens (tertiary/aromatic N) is 1. The van der Waals surface area contributed by atoms with Gasteiger partial charge in [0, 0.05) is 36.0 Å². The van der Waals surface area contributed by atoms with Crippen LogP contribution < -0.4 is 0 Å². The van der Waals surface area contributed by atoms with Crippen molar-refractivity contribution in [3.05, 3.63) is 63.9 Å². The van der Waals surface area contributed by atoms with E-state index in [0.717, 1.165) is 23.2 Å². The van der Waals surface area contributed by atoms with Crippen molar-refractivity contribution in [1.82, 2.24) is 4.98 Å². The summed E-state index contributed by atoms with van der Waals surface area (Å²) in [7, 11) is 1.32. The van der Waals surface area contributed by atoms with Gasteiger partial charge in [0.2, 0.25) is 5.79 Å². The largest absolute Gasteiger partial charge is 0.394 e. The summed E-state index contributed by atoms with van der Waals surface area (Å²) >= 11 is 6.38. The fourth-order valence-corrected chi connectivity index (χ4v) is 3.77. The lowest BCUT2D eigenvalue weighted by Gasteiger charge is -2.47. The monoisotopic (exact) mass is 423 g/mol. The van der Waals surface area contributed by atoms with Crippen molar-refractivity contribution in [2.45, 2.75) is 50.0 Å². The van der Waals surface area contributed by atoms with Crippen LogP contribution in [0.1, 0.15) is 29.3 Å². The Hall–Kier alpha value is -1.58. The molecule has 0 radical (unpaired) electrons. The first kappa shape index (κ1) is 22.1. The molecular formula is C21H26ClNO6. The number of aliphatic hydroxyl groups is 4. The first-order valence-corrected chi connectivity index (χ1v) is 9.84. The van der Waals surface area contributed by atoms with E-state index in [9.17, 15) is 20.4 Å². The maximum atomic E-state index is 10.6. The Morgan fingerprint density at radius 2 is 1.93 bits per heavy atom. The summed E-state index contributed by atoms with van der Waals surface area (Å²) in [5, 5.41) is 41.0. The van der Waals surface area contributed by atoms with E-state index in [2.05, 4.69) is 4.98 Å². The van der Waals surface area contributed by atoms with Crippen molar-refractivity contribution in [3.8, 4) is 0 Å². The minimum atomic E-state index is -1.77. The molecule has 1 aromatic carbocycles. The molecule has 1 aromatic heterocycles. The highest BCUT2D eigenvalue weighted by atomic mass is 35.5. The number of rotatable bonds is 6. The summed E-state index contributed by atoms with van der Waals surface area (Å²) in [6.45, 7) is 1.49. The van der Waals surface area contributed by atoms with Crippen LogP contribution in [0.3, 0.4) is 0 Å². The van der Waals surface area contributed by atoms with Crippen molar-refractivity contribution in [1.29, 1.82) is 0 Å². The number of pyridine rings is 1. The second kappa shape index (κ2) is 9.06. The highest BCUT2D eigenvalue weighted by Crippen LogP contribution is 2.40. The van der Waals surface area contributed by atoms with E-state index in [1.165, 1.54) is 7.11 Å². The molecule has 1 fully saturated rings. The molecule has 0 aliphatic carbocycles. The number of ether oxygens (including phenoxy) is 2. The minimum absolute atomic E-state index is 0.412. The van der Waals surface area contributed by atoms with Gasteiger partial charge in [0.15, 0.2) is 0 Å². The molecule has 1 unspecified atom stereocenters. The van der Waals surface area contributed by atoms with Crippen LogP contribution in [-0.4, -0.2) is 63.5 Å². The Kier molecular flexibility index (Phi) is 6.90. The molecule has 1 saturated heterocycles. The first-order chi connectivity index (χ1) is 13.9. The third kappa shape index (κ3) is 4.18. The zero-order valence-corrected chi connectivity index (χ0v) is 17.1. The van der Waals surface area contributed by atoms with Crippen LogP contribution in [0.5, 0.6) is 0 Å². The maximum absolute atomic E-state index is 10.6. The van der Waals surface area contributed by atoms with Crippen LogP contribution >= 0.6 is 11.6 Å². The van der Waals surface area contributed by atoms with Gasteiger partial charge in [-0.15, -0.1) is 0 Å². The molecule has 0 amide bonds. The van der Waals surface area contributed by atoms with E-state index in [0.29, 0.717) is 17.0 Å². The van der Waals surface area contributed by atoms with Gasteiger partial charge in [0.25, 0.3) is 0 Å². The molecule has 2 aromatic rings. The zero-order valence-electron chi connectivity index (χ0n) is 16.3. The molecule has 0 bridgehead atoms. The Morgan fingerprint density at radius 1 is 1.17 bits per heavy atom. The number of aliphatic hydroxyl groups excluding tert-OH is 4. The molecule has 3 rings (SSSR count). The van der Waals surface area contributed by atoms with Crippen LogP contribution in [0.4, 0.5) is 0 Å². The van der Waals surface area contributed by atoms with Gasteiger partial charge in [0.1, 0.15) is 24.4 Å². The summed E-state index contributed by atoms with van der Waals surface area (Å²) in [6.07, 6.45) is -2.58. The highest BCUT2D eigenvalue weighted by Gasteiger charge is 2.55. The van der Waals surface area contributed by atoms with E-state index in [4.69, 9.17) is 21.1 Å². The Balaban J connectivity index is 1.97. The number of benzene rings is 1. The minimum Gasteiger partial charge on any atom is -0.394 e. The van der Waals surface area contributed by atoms with Crippen molar-refractivity contribution in [3.63, 3.8) is 0 Å². The average Bonchev–Trinajstić information content (AvgIpc) is 2.75. The number of aromatic nitrogens is 1. The van der Waals surface area contributed by atoms with Gasteiger partial charge in [-0.05, 0) is 35.7 Å². The van der Waals surface area contributed by atoms with E-state index in [-0.39, 0.29) is 0 Å². The van der Waals surface area contributed by atoms with Crippen LogP contribution in [0.2, 0.25) is 5.02 Å². The highest BCUT2D eigenvalue weighted by molar-refractivity contribution is 6.31. The number of aryl methyl sites for hydroxylation is 1. The number of methoxy groups -OCH3 is 1. The predicted molar refractivity (Wildman–Crippen MR) is 107 cm³/mol. The lowest BCUT2D eigenvalue weighted by Crippen LogP contribution is -2.64. The Labute approximate surface area is 174 Å². The second-order valence-electron chi connectivity index (χ2n) is 7.13. The topological polar surface area (TPSA) is 112 Å². The molecule has 8 heteroatoms. The third-order valence-electron chi connectivity index (χ3n) is 5.34. The normalized spacial score (nSPS) is 29.8. The van der Waals surface area contributed by atoms with Crippen molar-refractivity contribution < 1.29 is 29.9 Å². The van der Waals surface area contributed by atoms with Gasteiger partial charge >= 0.3 is 0 Å². The average molecular weight is 424 g/mol. The van der Waals surface area contributed by atoms with Gasteiger partial charge in [-0.1, -0.05) is 30.7 Å². The van der Waals surface area contributed by atoms with E-state index >= 15 is 0 Å². The van der Waals surface area contributed by atoms with Crippen LogP contribution in [0.25, 0.3) is 0 Å². The van der Waals surface area contributed by atoms with Crippen LogP contribution in [0.15, 0.2) is 36.5 Å². The number of hydrogen-bond donors (Lipinski definition) is 4. The standard InChI is InChI=1S/C21H26ClNO6/c1-3-15-6-4-12(10-23-15)8-13-9-14(5-7-16(13)22)21(28-2)20(27)19(26)18(25)17(11-24)29-21/h4-7,9-10,17-20,24-27H,3,8,11H2,1-2H3/t17-,18-,19+,20-,21?/m1/s1. The number of hydrogen-bond acceptors (Lipinski definition) is 7. The number of halogens is 1. The summed E-state index contributed by atoms with van der Waals surface area (Å²) in [5.74, 6) is -1.77. The van der Waals surface area contributed by atoms with Crippen LogP contribution in [0, 0.1) is 0 Å². The summed E-state index contributed by atoms with van der Waals surface area (Å²) in [4.78, 5) is 4.40. The fraction of sp³-hybridized carbons (Fsp3) is 0.476. The molecule has 158 valence electrons. The molecule has 1 aliphatic heterocycles. The van der Waals surface area contributed by atoms with Gasteiger partial charge in [-0.3, -0.25) is 4.98 Å². The third-order valence-corrected chi connectivity index (χ3v) is 5.71. The molecule has 5 atom stereocenters. The quantitative estimate of drug-likeness (QED) is 0.551. The van der Waals surface area contributed by atoms with Gasteiger partial charge in [-0.2, -0.15) is 0 Å². The van der Waals surface area contributed by atoms with E-state index in [1.807, 2.05) is 19.1 Å². The molecule has 2 heterocycles. The molecule has 1 aliphatic rings. The molecule has 0 saturated carbocycles. The van der Waals surface area contributed by atoms with Gasteiger partial charge in [0.05, 0.1) is 6.61 Å². The Morgan fingerprint density at radius 3 is 2.52 bits per heavy atom. The van der Waals surface area contributed by atoms with Gasteiger partial charge in [-0.25, -0.2) is 0 Å². The zero-order chi connectivity index (χ0) is 21.2. The van der Waals surface area contributed by atoms with Crippen LogP contribution in [-0.2, 0) is 28.1 Å². The molecule has 0 spiro atoms.